The van der Waals surface area contributed by atoms with E-state index < -0.39 is 0 Å². The lowest BCUT2D eigenvalue weighted by molar-refractivity contribution is 0.242. The Morgan fingerprint density at radius 3 is 2.68 bits per heavy atom. The van der Waals surface area contributed by atoms with Crippen LogP contribution in [0, 0.1) is 0 Å². The molecule has 0 saturated carbocycles. The van der Waals surface area contributed by atoms with Gasteiger partial charge in [0.25, 0.3) is 0 Å². The summed E-state index contributed by atoms with van der Waals surface area (Å²) in [4.78, 5) is 2.03. The van der Waals surface area contributed by atoms with E-state index in [-0.39, 0.29) is 17.4 Å². The van der Waals surface area contributed by atoms with Crippen LogP contribution in [-0.2, 0) is 6.42 Å². The van der Waals surface area contributed by atoms with Crippen molar-refractivity contribution in [2.45, 2.75) is 26.2 Å². The zero-order chi connectivity index (χ0) is 22.1. The summed E-state index contributed by atoms with van der Waals surface area (Å²) in [6.45, 7) is 6.08. The Morgan fingerprint density at radius 2 is 1.94 bits per heavy atom. The van der Waals surface area contributed by atoms with Gasteiger partial charge >= 0.3 is 6.01 Å². The fraction of sp³-hybridized carbons (Fsp3) is 0.391. The number of aromatic hydroxyl groups is 2. The molecule has 0 saturated heterocycles. The highest BCUT2D eigenvalue weighted by molar-refractivity contribution is 5.70. The number of hydrogen-bond acceptors (Lipinski definition) is 7. The number of aromatic nitrogens is 3. The van der Waals surface area contributed by atoms with E-state index in [1.165, 1.54) is 11.6 Å². The lowest BCUT2D eigenvalue weighted by Crippen LogP contribution is -2.20. The van der Waals surface area contributed by atoms with Crippen molar-refractivity contribution in [1.82, 2.24) is 19.7 Å². The van der Waals surface area contributed by atoms with Gasteiger partial charge < -0.3 is 25.2 Å². The number of phenolic OH excluding ortho intramolecular Hbond substituents is 2. The lowest BCUT2D eigenvalue weighted by atomic mass is 9.98. The summed E-state index contributed by atoms with van der Waals surface area (Å²) < 4.78 is 7.79. The molecular weight excluding hydrogens is 394 g/mol. The van der Waals surface area contributed by atoms with Gasteiger partial charge in [-0.15, -0.1) is 5.10 Å². The first-order valence-electron chi connectivity index (χ1n) is 10.5. The zero-order valence-electron chi connectivity index (χ0n) is 18.4. The minimum absolute atomic E-state index is 0.0572. The smallest absolute Gasteiger partial charge is 0.322 e. The summed E-state index contributed by atoms with van der Waals surface area (Å²) >= 11 is 0. The lowest BCUT2D eigenvalue weighted by Gasteiger charge is -2.16. The van der Waals surface area contributed by atoms with Crippen LogP contribution in [-0.4, -0.2) is 63.7 Å². The summed E-state index contributed by atoms with van der Waals surface area (Å²) in [6, 6.07) is 9.63. The third-order valence-corrected chi connectivity index (χ3v) is 5.47. The predicted octanol–water partition coefficient (Wildman–Crippen LogP) is 3.38. The first-order chi connectivity index (χ1) is 14.8. The van der Waals surface area contributed by atoms with Crippen LogP contribution < -0.4 is 10.1 Å². The second-order valence-electron chi connectivity index (χ2n) is 8.39. The maximum atomic E-state index is 10.6. The number of nitrogens with zero attached hydrogens (tertiary/aromatic N) is 4. The van der Waals surface area contributed by atoms with Crippen molar-refractivity contribution >= 4 is 5.69 Å². The van der Waals surface area contributed by atoms with E-state index in [1.807, 2.05) is 49.5 Å². The number of fused-ring (bicyclic) bond motifs is 1. The van der Waals surface area contributed by atoms with Crippen LogP contribution in [0.2, 0.25) is 0 Å². The first-order valence-corrected chi connectivity index (χ1v) is 10.5. The molecule has 1 aliphatic heterocycles. The SMILES string of the molecule is CC(C)c1cc(-c2nnc(OCCN(C)C)n2-c2ccc3c(c2)CCN3)c(O)cc1O. The number of phenols is 2. The number of likely N-dealkylation sites (N-methyl/N-ethyl adjacent to an activating group) is 1. The molecule has 31 heavy (non-hydrogen) atoms. The van der Waals surface area contributed by atoms with Gasteiger partial charge in [0.05, 0.1) is 11.3 Å². The average molecular weight is 424 g/mol. The third kappa shape index (κ3) is 4.16. The van der Waals surface area contributed by atoms with Crippen LogP contribution in [0.1, 0.15) is 30.9 Å². The van der Waals surface area contributed by atoms with Crippen molar-refractivity contribution < 1.29 is 14.9 Å². The maximum Gasteiger partial charge on any atom is 0.322 e. The first kappa shape index (κ1) is 21.0. The summed E-state index contributed by atoms with van der Waals surface area (Å²) in [5.74, 6) is 0.550. The topological polar surface area (TPSA) is 95.7 Å². The molecule has 2 aromatic carbocycles. The number of ether oxygens (including phenoxy) is 1. The molecule has 0 fully saturated rings. The molecule has 1 aliphatic rings. The molecule has 4 rings (SSSR count). The van der Waals surface area contributed by atoms with Gasteiger partial charge in [-0.1, -0.05) is 18.9 Å². The van der Waals surface area contributed by atoms with Crippen molar-refractivity contribution in [2.24, 2.45) is 0 Å². The van der Waals surface area contributed by atoms with E-state index >= 15 is 0 Å². The van der Waals surface area contributed by atoms with E-state index in [9.17, 15) is 10.2 Å². The Labute approximate surface area is 182 Å². The Kier molecular flexibility index (Phi) is 5.73. The van der Waals surface area contributed by atoms with Gasteiger partial charge in [0.15, 0.2) is 5.82 Å². The fourth-order valence-corrected chi connectivity index (χ4v) is 3.76. The summed E-state index contributed by atoms with van der Waals surface area (Å²) in [7, 11) is 3.96. The molecule has 0 bridgehead atoms. The van der Waals surface area contributed by atoms with Crippen molar-refractivity contribution in [3.8, 4) is 34.6 Å². The Bertz CT molecular complexity index is 1090. The number of anilines is 1. The van der Waals surface area contributed by atoms with Crippen LogP contribution in [0.25, 0.3) is 17.1 Å². The molecule has 3 aromatic rings. The van der Waals surface area contributed by atoms with Crippen LogP contribution in [0.15, 0.2) is 30.3 Å². The Hall–Kier alpha value is -3.26. The van der Waals surface area contributed by atoms with E-state index in [0.29, 0.717) is 24.0 Å². The van der Waals surface area contributed by atoms with Gasteiger partial charge in [0.2, 0.25) is 0 Å². The van der Waals surface area contributed by atoms with Crippen LogP contribution >= 0.6 is 0 Å². The Balaban J connectivity index is 1.84. The van der Waals surface area contributed by atoms with Gasteiger partial charge in [0.1, 0.15) is 18.1 Å². The second kappa shape index (κ2) is 8.47. The van der Waals surface area contributed by atoms with Crippen LogP contribution in [0.3, 0.4) is 0 Å². The quantitative estimate of drug-likeness (QED) is 0.536. The molecule has 0 radical (unpaired) electrons. The number of nitrogens with one attached hydrogen (secondary N) is 1. The average Bonchev–Trinajstić information content (AvgIpc) is 3.33. The molecule has 8 nitrogen and oxygen atoms in total. The Morgan fingerprint density at radius 1 is 1.13 bits per heavy atom. The largest absolute Gasteiger partial charge is 0.508 e. The van der Waals surface area contributed by atoms with E-state index in [2.05, 4.69) is 21.6 Å². The normalized spacial score (nSPS) is 13.0. The fourth-order valence-electron chi connectivity index (χ4n) is 3.76. The van der Waals surface area contributed by atoms with Gasteiger partial charge in [-0.25, -0.2) is 4.57 Å². The maximum absolute atomic E-state index is 10.6. The van der Waals surface area contributed by atoms with Crippen molar-refractivity contribution in [1.29, 1.82) is 0 Å². The summed E-state index contributed by atoms with van der Waals surface area (Å²) in [5, 5.41) is 32.9. The van der Waals surface area contributed by atoms with Crippen molar-refractivity contribution in [2.75, 3.05) is 39.1 Å². The van der Waals surface area contributed by atoms with Crippen molar-refractivity contribution in [3.05, 3.63) is 41.5 Å². The molecular formula is C23H29N5O3. The van der Waals surface area contributed by atoms with E-state index in [1.54, 1.807) is 6.07 Å². The summed E-state index contributed by atoms with van der Waals surface area (Å²) in [6.07, 6.45) is 0.944. The minimum Gasteiger partial charge on any atom is -0.508 e. The molecule has 1 aromatic heterocycles. The molecule has 0 unspecified atom stereocenters. The molecule has 3 N–H and O–H groups in total. The molecule has 2 heterocycles. The number of benzene rings is 2. The predicted molar refractivity (Wildman–Crippen MR) is 120 cm³/mol. The molecule has 164 valence electrons. The standard InChI is InChI=1S/C23H29N5O3/c1-14(2)17-12-18(21(30)13-20(17)29)22-25-26-23(31-10-9-27(3)4)28(22)16-5-6-19-15(11-16)7-8-24-19/h5-6,11-14,24,29-30H,7-10H2,1-4H3. The van der Waals surface area contributed by atoms with E-state index in [4.69, 9.17) is 4.74 Å². The van der Waals surface area contributed by atoms with Gasteiger partial charge in [0, 0.05) is 24.8 Å². The summed E-state index contributed by atoms with van der Waals surface area (Å²) in [5.41, 5.74) is 4.43. The molecule has 8 heteroatoms. The molecule has 0 aliphatic carbocycles. The van der Waals surface area contributed by atoms with Gasteiger partial charge in [-0.05, 0) is 61.8 Å². The monoisotopic (exact) mass is 423 g/mol. The molecule has 0 atom stereocenters. The van der Waals surface area contributed by atoms with Crippen molar-refractivity contribution in [3.63, 3.8) is 0 Å². The third-order valence-electron chi connectivity index (χ3n) is 5.47. The number of rotatable bonds is 7. The van der Waals surface area contributed by atoms with Gasteiger partial charge in [-0.2, -0.15) is 0 Å². The highest BCUT2D eigenvalue weighted by atomic mass is 16.5. The van der Waals surface area contributed by atoms with Gasteiger partial charge in [-0.3, -0.25) is 0 Å². The number of hydrogen-bond donors (Lipinski definition) is 3. The van der Waals surface area contributed by atoms with Crippen LogP contribution in [0.4, 0.5) is 5.69 Å². The highest BCUT2D eigenvalue weighted by Crippen LogP contribution is 2.39. The minimum atomic E-state index is -0.0572. The molecule has 0 amide bonds. The van der Waals surface area contributed by atoms with Crippen LogP contribution in [0.5, 0.6) is 17.5 Å². The zero-order valence-corrected chi connectivity index (χ0v) is 18.4. The highest BCUT2D eigenvalue weighted by Gasteiger charge is 2.23. The van der Waals surface area contributed by atoms with E-state index in [0.717, 1.165) is 36.4 Å². The second-order valence-corrected chi connectivity index (χ2v) is 8.39. The molecule has 0 spiro atoms.